The summed E-state index contributed by atoms with van der Waals surface area (Å²) in [4.78, 5) is 24.4. The van der Waals surface area contributed by atoms with Crippen molar-refractivity contribution in [3.63, 3.8) is 0 Å². The van der Waals surface area contributed by atoms with Crippen LogP contribution in [0.15, 0.2) is 85.1 Å². The maximum atomic E-state index is 12.3. The maximum absolute atomic E-state index is 12.3. The Morgan fingerprint density at radius 3 is 1.05 bits per heavy atom. The summed E-state index contributed by atoms with van der Waals surface area (Å²) in [6, 6.07) is 0. The van der Waals surface area contributed by atoms with Crippen LogP contribution in [0.25, 0.3) is 0 Å². The highest BCUT2D eigenvalue weighted by atomic mass is 16.6. The first kappa shape index (κ1) is 60.1. The lowest BCUT2D eigenvalue weighted by Crippen LogP contribution is -2.28. The van der Waals surface area contributed by atoms with Crippen molar-refractivity contribution in [2.75, 3.05) is 13.2 Å². The van der Waals surface area contributed by atoms with Gasteiger partial charge in [-0.05, 0) is 89.9 Å². The lowest BCUT2D eigenvalue weighted by atomic mass is 10.0. The zero-order valence-corrected chi connectivity index (χ0v) is 41.3. The third-order valence-electron chi connectivity index (χ3n) is 11.4. The predicted molar refractivity (Wildman–Crippen MR) is 274 cm³/mol. The molecule has 0 amide bonds. The summed E-state index contributed by atoms with van der Waals surface area (Å²) < 4.78 is 10.7. The Labute approximate surface area is 390 Å². The quantitative estimate of drug-likeness (QED) is 0.0374. The smallest absolute Gasteiger partial charge is 0.306 e. The number of aliphatic hydroxyl groups is 1. The highest BCUT2D eigenvalue weighted by Crippen LogP contribution is 2.15. The van der Waals surface area contributed by atoms with Crippen molar-refractivity contribution in [1.82, 2.24) is 0 Å². The van der Waals surface area contributed by atoms with Gasteiger partial charge in [0.05, 0.1) is 6.61 Å². The van der Waals surface area contributed by atoms with Crippen molar-refractivity contribution in [1.29, 1.82) is 0 Å². The molecule has 63 heavy (non-hydrogen) atoms. The molecule has 0 fully saturated rings. The molecule has 5 heteroatoms. The van der Waals surface area contributed by atoms with E-state index in [1.807, 2.05) is 0 Å². The molecule has 0 spiro atoms. The van der Waals surface area contributed by atoms with Gasteiger partial charge in [0.15, 0.2) is 6.10 Å². The second-order valence-electron chi connectivity index (χ2n) is 17.6. The molecule has 0 aliphatic heterocycles. The number of allylic oxidation sites excluding steroid dienone is 14. The summed E-state index contributed by atoms with van der Waals surface area (Å²) in [6.07, 6.45) is 74.0. The minimum Gasteiger partial charge on any atom is -0.462 e. The first-order valence-electron chi connectivity index (χ1n) is 26.6. The summed E-state index contributed by atoms with van der Waals surface area (Å²) in [5.41, 5.74) is 0. The lowest BCUT2D eigenvalue weighted by Gasteiger charge is -2.15. The first-order valence-corrected chi connectivity index (χ1v) is 26.6. The molecule has 0 saturated carbocycles. The lowest BCUT2D eigenvalue weighted by molar-refractivity contribution is -0.161. The predicted octanol–water partition coefficient (Wildman–Crippen LogP) is 17.8. The number of hydrogen-bond acceptors (Lipinski definition) is 5. The SMILES string of the molecule is CC/C=C\C/C=C\C/C=C\C/C=C\C/C=C\C/C=C\CCCCCCCCCCCCCCCCC(=O)OC(CO)COC(=O)CCCCCCC/C=C\CCCCCCCCC. The van der Waals surface area contributed by atoms with Gasteiger partial charge in [0.1, 0.15) is 6.61 Å². The van der Waals surface area contributed by atoms with Crippen LogP contribution in [0.1, 0.15) is 251 Å². The van der Waals surface area contributed by atoms with Crippen LogP contribution in [-0.4, -0.2) is 36.4 Å². The molecule has 0 radical (unpaired) electrons. The van der Waals surface area contributed by atoms with Crippen LogP contribution in [0.3, 0.4) is 0 Å². The summed E-state index contributed by atoms with van der Waals surface area (Å²) in [5.74, 6) is -0.598. The van der Waals surface area contributed by atoms with Gasteiger partial charge in [-0.1, -0.05) is 234 Å². The van der Waals surface area contributed by atoms with Gasteiger partial charge in [0.25, 0.3) is 0 Å². The van der Waals surface area contributed by atoms with E-state index < -0.39 is 6.10 Å². The van der Waals surface area contributed by atoms with Crippen molar-refractivity contribution in [2.45, 2.75) is 258 Å². The number of unbranched alkanes of at least 4 members (excludes halogenated alkanes) is 26. The van der Waals surface area contributed by atoms with Crippen LogP contribution < -0.4 is 0 Å². The third kappa shape index (κ3) is 51.6. The number of rotatable bonds is 48. The van der Waals surface area contributed by atoms with Crippen LogP contribution >= 0.6 is 0 Å². The molecule has 0 aromatic heterocycles. The van der Waals surface area contributed by atoms with E-state index in [1.54, 1.807) is 0 Å². The van der Waals surface area contributed by atoms with Gasteiger partial charge < -0.3 is 14.6 Å². The van der Waals surface area contributed by atoms with Crippen LogP contribution in [-0.2, 0) is 19.1 Å². The molecule has 0 aliphatic carbocycles. The van der Waals surface area contributed by atoms with E-state index in [4.69, 9.17) is 9.47 Å². The third-order valence-corrected chi connectivity index (χ3v) is 11.4. The van der Waals surface area contributed by atoms with Crippen LogP contribution in [0.4, 0.5) is 0 Å². The Bertz CT molecular complexity index is 1170. The molecule has 1 atom stereocenters. The molecule has 0 heterocycles. The monoisotopic (exact) mass is 877 g/mol. The summed E-state index contributed by atoms with van der Waals surface area (Å²) in [7, 11) is 0. The van der Waals surface area contributed by atoms with Gasteiger partial charge in [-0.25, -0.2) is 0 Å². The second-order valence-corrected chi connectivity index (χ2v) is 17.6. The average molecular weight is 877 g/mol. The molecule has 0 aromatic rings. The van der Waals surface area contributed by atoms with Gasteiger partial charge in [-0.3, -0.25) is 9.59 Å². The number of carbonyl (C=O) groups excluding carboxylic acids is 2. The molecule has 0 bridgehead atoms. The van der Waals surface area contributed by atoms with Crippen molar-refractivity contribution in [2.24, 2.45) is 0 Å². The standard InChI is InChI=1S/C58H100O5/c1-3-5-7-9-11-13-15-17-19-21-22-23-24-25-26-27-28-29-30-31-32-33-34-35-36-37-39-41-43-45-47-49-51-53-58(61)63-56(54-59)55-62-57(60)52-50-48-46-44-42-40-38-20-18-16-14-12-10-8-6-4-2/h5,7,11,13,17,19-20,22-23,25-26,28-29,38,56,59H,3-4,6,8-10,12,14-16,18,21,24,27,30-37,39-55H2,1-2H3/b7-5-,13-11-,19-17-,23-22-,26-25-,29-28-,38-20-. The minimum absolute atomic E-state index is 0.0714. The fourth-order valence-electron chi connectivity index (χ4n) is 7.44. The zero-order valence-electron chi connectivity index (χ0n) is 41.3. The van der Waals surface area contributed by atoms with Crippen LogP contribution in [0.5, 0.6) is 0 Å². The summed E-state index contributed by atoms with van der Waals surface area (Å²) in [5, 5.41) is 9.63. The van der Waals surface area contributed by atoms with Crippen molar-refractivity contribution >= 4 is 11.9 Å². The van der Waals surface area contributed by atoms with E-state index in [0.29, 0.717) is 12.8 Å². The largest absolute Gasteiger partial charge is 0.462 e. The zero-order chi connectivity index (χ0) is 45.6. The number of esters is 2. The van der Waals surface area contributed by atoms with E-state index in [-0.39, 0.29) is 25.2 Å². The first-order chi connectivity index (χ1) is 31.1. The Morgan fingerprint density at radius 2 is 0.683 bits per heavy atom. The molecule has 0 aromatic carbocycles. The van der Waals surface area contributed by atoms with E-state index in [2.05, 4.69) is 98.9 Å². The molecular formula is C58H100O5. The van der Waals surface area contributed by atoms with Gasteiger partial charge >= 0.3 is 11.9 Å². The van der Waals surface area contributed by atoms with E-state index in [0.717, 1.165) is 83.5 Å². The Balaban J connectivity index is 3.51. The molecule has 5 nitrogen and oxygen atoms in total. The van der Waals surface area contributed by atoms with Crippen molar-refractivity contribution in [3.8, 4) is 0 Å². The molecule has 1 unspecified atom stereocenters. The molecule has 0 aliphatic rings. The van der Waals surface area contributed by atoms with E-state index >= 15 is 0 Å². The van der Waals surface area contributed by atoms with Gasteiger partial charge in [0.2, 0.25) is 0 Å². The van der Waals surface area contributed by atoms with Crippen molar-refractivity contribution < 1.29 is 24.2 Å². The van der Waals surface area contributed by atoms with Gasteiger partial charge in [0, 0.05) is 12.8 Å². The van der Waals surface area contributed by atoms with Crippen LogP contribution in [0, 0.1) is 0 Å². The highest BCUT2D eigenvalue weighted by Gasteiger charge is 2.16. The fraction of sp³-hybridized carbons (Fsp3) is 0.724. The van der Waals surface area contributed by atoms with E-state index in [9.17, 15) is 14.7 Å². The second kappa shape index (κ2) is 53.4. The number of aliphatic hydroxyl groups excluding tert-OH is 1. The molecule has 0 rings (SSSR count). The van der Waals surface area contributed by atoms with Crippen molar-refractivity contribution in [3.05, 3.63) is 85.1 Å². The number of hydrogen-bond donors (Lipinski definition) is 1. The summed E-state index contributed by atoms with van der Waals surface area (Å²) in [6.45, 7) is 4.03. The summed E-state index contributed by atoms with van der Waals surface area (Å²) >= 11 is 0. The van der Waals surface area contributed by atoms with Crippen LogP contribution in [0.2, 0.25) is 0 Å². The average Bonchev–Trinajstić information content (AvgIpc) is 3.29. The fourth-order valence-corrected chi connectivity index (χ4v) is 7.44. The maximum Gasteiger partial charge on any atom is 0.306 e. The Hall–Kier alpha value is -2.92. The Kier molecular flexibility index (Phi) is 50.9. The van der Waals surface area contributed by atoms with Gasteiger partial charge in [-0.2, -0.15) is 0 Å². The molecule has 0 saturated heterocycles. The molecular weight excluding hydrogens is 777 g/mol. The minimum atomic E-state index is -0.778. The van der Waals surface area contributed by atoms with Gasteiger partial charge in [-0.15, -0.1) is 0 Å². The Morgan fingerprint density at radius 1 is 0.381 bits per heavy atom. The number of ether oxygens (including phenoxy) is 2. The number of carbonyl (C=O) groups is 2. The molecule has 362 valence electrons. The topological polar surface area (TPSA) is 72.8 Å². The molecule has 1 N–H and O–H groups in total. The normalized spacial score (nSPS) is 12.9. The highest BCUT2D eigenvalue weighted by molar-refractivity contribution is 5.70. The van der Waals surface area contributed by atoms with E-state index in [1.165, 1.54) is 141 Å².